The molecule has 1 aliphatic heterocycles. The normalized spacial score (nSPS) is 15.6. The molecule has 0 N–H and O–H groups in total. The van der Waals surface area contributed by atoms with Crippen LogP contribution in [0.5, 0.6) is 0 Å². The summed E-state index contributed by atoms with van der Waals surface area (Å²) >= 11 is 0. The molecule has 4 heteroatoms. The van der Waals surface area contributed by atoms with E-state index in [4.69, 9.17) is 4.42 Å². The van der Waals surface area contributed by atoms with Gasteiger partial charge in [-0.1, -0.05) is 48.0 Å². The Kier molecular flexibility index (Phi) is 4.10. The Balaban J connectivity index is 1.82. The molecule has 3 aromatic carbocycles. The molecule has 0 aliphatic carbocycles. The summed E-state index contributed by atoms with van der Waals surface area (Å²) in [4.78, 5) is 28.8. The maximum Gasteiger partial charge on any atom is 0.295 e. The summed E-state index contributed by atoms with van der Waals surface area (Å²) in [5.41, 5.74) is 5.53. The molecule has 4 aromatic rings. The van der Waals surface area contributed by atoms with Crippen LogP contribution in [0.15, 0.2) is 75.9 Å². The van der Waals surface area contributed by atoms with Gasteiger partial charge >= 0.3 is 0 Å². The molecule has 4 nitrogen and oxygen atoms in total. The number of hydrogen-bond donors (Lipinski definition) is 0. The summed E-state index contributed by atoms with van der Waals surface area (Å²) in [6, 6.07) is 20.5. The number of aryl methyl sites for hydroxylation is 3. The number of nitrogens with zero attached hydrogens (tertiary/aromatic N) is 1. The third-order valence-electron chi connectivity index (χ3n) is 5.91. The van der Waals surface area contributed by atoms with Gasteiger partial charge in [-0.2, -0.15) is 0 Å². The molecule has 0 saturated carbocycles. The Labute approximate surface area is 174 Å². The van der Waals surface area contributed by atoms with Crippen LogP contribution in [0.25, 0.3) is 11.0 Å². The maximum absolute atomic E-state index is 13.6. The lowest BCUT2D eigenvalue weighted by molar-refractivity contribution is 0.0971. The Morgan fingerprint density at radius 1 is 0.833 bits per heavy atom. The fraction of sp³-hybridized carbons (Fsp3) is 0.154. The zero-order valence-corrected chi connectivity index (χ0v) is 17.1. The topological polar surface area (TPSA) is 50.5 Å². The number of rotatable bonds is 2. The number of fused-ring (bicyclic) bond motifs is 2. The van der Waals surface area contributed by atoms with Gasteiger partial charge in [-0.3, -0.25) is 14.5 Å². The van der Waals surface area contributed by atoms with Crippen molar-refractivity contribution in [1.82, 2.24) is 0 Å². The molecular formula is C26H21NO3. The maximum atomic E-state index is 13.6. The van der Waals surface area contributed by atoms with Crippen molar-refractivity contribution in [3.8, 4) is 0 Å². The van der Waals surface area contributed by atoms with Crippen LogP contribution in [-0.2, 0) is 0 Å². The van der Waals surface area contributed by atoms with E-state index in [9.17, 15) is 9.59 Å². The predicted octanol–water partition coefficient (Wildman–Crippen LogP) is 5.47. The van der Waals surface area contributed by atoms with E-state index in [2.05, 4.69) is 0 Å². The first kappa shape index (κ1) is 18.4. The second kappa shape index (κ2) is 6.70. The standard InChI is InChI=1S/C26H21NO3/c1-15-9-12-21-20(13-15)24(28)22-23(18-7-5-4-6-8-18)27(26(29)25(22)30-21)19-11-10-16(2)17(3)14-19/h4-14,23H,1-3H3. The molecule has 2 heterocycles. The third-order valence-corrected chi connectivity index (χ3v) is 5.91. The average Bonchev–Trinajstić information content (AvgIpc) is 3.04. The van der Waals surface area contributed by atoms with Crippen LogP contribution in [0.3, 0.4) is 0 Å². The molecule has 0 spiro atoms. The van der Waals surface area contributed by atoms with E-state index in [1.165, 1.54) is 0 Å². The van der Waals surface area contributed by atoms with Crippen molar-refractivity contribution in [3.63, 3.8) is 0 Å². The molecule has 1 amide bonds. The largest absolute Gasteiger partial charge is 0.450 e. The molecule has 0 radical (unpaired) electrons. The number of benzene rings is 3. The van der Waals surface area contributed by atoms with Crippen LogP contribution in [0.1, 0.15) is 44.4 Å². The Bertz CT molecular complexity index is 1370. The van der Waals surface area contributed by atoms with Gasteiger partial charge in [-0.15, -0.1) is 0 Å². The number of anilines is 1. The molecule has 0 bridgehead atoms. The first-order valence-corrected chi connectivity index (χ1v) is 9.99. The number of carbonyl (C=O) groups excluding carboxylic acids is 1. The van der Waals surface area contributed by atoms with E-state index < -0.39 is 6.04 Å². The van der Waals surface area contributed by atoms with Gasteiger partial charge in [0.1, 0.15) is 5.58 Å². The van der Waals surface area contributed by atoms with Gasteiger partial charge < -0.3 is 4.42 Å². The molecule has 1 atom stereocenters. The highest BCUT2D eigenvalue weighted by atomic mass is 16.3. The molecular weight excluding hydrogens is 374 g/mol. The second-order valence-corrected chi connectivity index (χ2v) is 7.93. The molecule has 0 fully saturated rings. The highest BCUT2D eigenvalue weighted by Gasteiger charge is 2.43. The smallest absolute Gasteiger partial charge is 0.295 e. The highest BCUT2D eigenvalue weighted by Crippen LogP contribution is 2.41. The first-order valence-electron chi connectivity index (χ1n) is 9.99. The molecule has 148 valence electrons. The van der Waals surface area contributed by atoms with Crippen molar-refractivity contribution in [1.29, 1.82) is 0 Å². The van der Waals surface area contributed by atoms with E-state index >= 15 is 0 Å². The number of hydrogen-bond acceptors (Lipinski definition) is 3. The minimum absolute atomic E-state index is 0.128. The monoisotopic (exact) mass is 395 g/mol. The van der Waals surface area contributed by atoms with Crippen molar-refractivity contribution in [2.75, 3.05) is 4.90 Å². The molecule has 5 rings (SSSR count). The molecule has 0 saturated heterocycles. The summed E-state index contributed by atoms with van der Waals surface area (Å²) in [6.07, 6.45) is 0. The third kappa shape index (κ3) is 2.68. The van der Waals surface area contributed by atoms with E-state index in [0.717, 1.165) is 27.9 Å². The van der Waals surface area contributed by atoms with Crippen molar-refractivity contribution in [2.24, 2.45) is 0 Å². The first-order chi connectivity index (χ1) is 14.5. The van der Waals surface area contributed by atoms with E-state index in [-0.39, 0.29) is 17.1 Å². The SMILES string of the molecule is Cc1ccc2oc3c(c(=O)c2c1)C(c1ccccc1)N(c1ccc(C)c(C)c1)C3=O. The highest BCUT2D eigenvalue weighted by molar-refractivity contribution is 6.10. The van der Waals surface area contributed by atoms with Gasteiger partial charge in [0, 0.05) is 5.69 Å². The van der Waals surface area contributed by atoms with E-state index in [1.807, 2.05) is 81.4 Å². The van der Waals surface area contributed by atoms with Crippen LogP contribution in [0.2, 0.25) is 0 Å². The average molecular weight is 395 g/mol. The van der Waals surface area contributed by atoms with Gasteiger partial charge in [0.2, 0.25) is 5.76 Å². The summed E-state index contributed by atoms with van der Waals surface area (Å²) < 4.78 is 6.02. The fourth-order valence-electron chi connectivity index (χ4n) is 4.18. The van der Waals surface area contributed by atoms with Crippen molar-refractivity contribution in [2.45, 2.75) is 26.8 Å². The predicted molar refractivity (Wildman–Crippen MR) is 118 cm³/mol. The van der Waals surface area contributed by atoms with Crippen LogP contribution in [0.4, 0.5) is 5.69 Å². The summed E-state index contributed by atoms with van der Waals surface area (Å²) in [7, 11) is 0. The fourth-order valence-corrected chi connectivity index (χ4v) is 4.18. The van der Waals surface area contributed by atoms with Gasteiger partial charge in [-0.05, 0) is 61.7 Å². The Morgan fingerprint density at radius 2 is 1.60 bits per heavy atom. The summed E-state index contributed by atoms with van der Waals surface area (Å²) in [5, 5.41) is 0.504. The van der Waals surface area contributed by atoms with Gasteiger partial charge in [0.05, 0.1) is 17.0 Å². The minimum atomic E-state index is -0.531. The molecule has 1 aromatic heterocycles. The summed E-state index contributed by atoms with van der Waals surface area (Å²) in [5.74, 6) is -0.162. The quantitative estimate of drug-likeness (QED) is 0.452. The zero-order chi connectivity index (χ0) is 21.0. The lowest BCUT2D eigenvalue weighted by atomic mass is 9.97. The molecule has 1 aliphatic rings. The van der Waals surface area contributed by atoms with Crippen molar-refractivity contribution in [3.05, 3.63) is 111 Å². The Hall–Kier alpha value is -3.66. The molecule has 30 heavy (non-hydrogen) atoms. The van der Waals surface area contributed by atoms with Crippen LogP contribution in [-0.4, -0.2) is 5.91 Å². The summed E-state index contributed by atoms with van der Waals surface area (Å²) in [6.45, 7) is 5.99. The van der Waals surface area contributed by atoms with Crippen molar-refractivity contribution < 1.29 is 9.21 Å². The second-order valence-electron chi connectivity index (χ2n) is 7.93. The van der Waals surface area contributed by atoms with Gasteiger partial charge in [0.25, 0.3) is 5.91 Å². The van der Waals surface area contributed by atoms with Gasteiger partial charge in [-0.25, -0.2) is 0 Å². The molecule has 1 unspecified atom stereocenters. The van der Waals surface area contributed by atoms with Crippen LogP contribution in [0, 0.1) is 20.8 Å². The lowest BCUT2D eigenvalue weighted by Crippen LogP contribution is -2.29. The van der Waals surface area contributed by atoms with Crippen LogP contribution < -0.4 is 10.3 Å². The number of amides is 1. The van der Waals surface area contributed by atoms with Gasteiger partial charge in [0.15, 0.2) is 5.43 Å². The minimum Gasteiger partial charge on any atom is -0.450 e. The van der Waals surface area contributed by atoms with Crippen LogP contribution >= 0.6 is 0 Å². The van der Waals surface area contributed by atoms with E-state index in [0.29, 0.717) is 16.5 Å². The lowest BCUT2D eigenvalue weighted by Gasteiger charge is -2.25. The zero-order valence-electron chi connectivity index (χ0n) is 17.1. The van der Waals surface area contributed by atoms with Crippen molar-refractivity contribution >= 4 is 22.6 Å². The van der Waals surface area contributed by atoms with E-state index in [1.54, 1.807) is 11.0 Å². The number of carbonyl (C=O) groups is 1. The Morgan fingerprint density at radius 3 is 2.33 bits per heavy atom.